The van der Waals surface area contributed by atoms with Crippen molar-refractivity contribution in [3.05, 3.63) is 105 Å². The van der Waals surface area contributed by atoms with Crippen molar-refractivity contribution in [3.8, 4) is 17.2 Å². The van der Waals surface area contributed by atoms with Gasteiger partial charge in [-0.2, -0.15) is 9.78 Å². The third-order valence-corrected chi connectivity index (χ3v) is 6.36. The zero-order valence-corrected chi connectivity index (χ0v) is 21.6. The molecule has 1 fully saturated rings. The fraction of sp³-hybridized carbons (Fsp3) is 0.207. The van der Waals surface area contributed by atoms with Gasteiger partial charge in [-0.25, -0.2) is 0 Å². The molecule has 1 saturated heterocycles. The van der Waals surface area contributed by atoms with Crippen molar-refractivity contribution in [1.29, 1.82) is 0 Å². The maximum Gasteiger partial charge on any atom is 0.299 e. The minimum absolute atomic E-state index is 0.0448. The van der Waals surface area contributed by atoms with Gasteiger partial charge in [0.25, 0.3) is 11.5 Å². The van der Waals surface area contributed by atoms with Crippen LogP contribution < -0.4 is 20.9 Å². The van der Waals surface area contributed by atoms with Crippen LogP contribution in [-0.2, 0) is 4.74 Å². The average Bonchev–Trinajstić information content (AvgIpc) is 3.43. The summed E-state index contributed by atoms with van der Waals surface area (Å²) < 4.78 is 12.9. The van der Waals surface area contributed by atoms with Crippen LogP contribution >= 0.6 is 11.6 Å². The van der Waals surface area contributed by atoms with Crippen molar-refractivity contribution in [3.63, 3.8) is 0 Å². The Balaban J connectivity index is 1.46. The Bertz CT molecular complexity index is 1510. The predicted molar refractivity (Wildman–Crippen MR) is 147 cm³/mol. The summed E-state index contributed by atoms with van der Waals surface area (Å²) in [5.41, 5.74) is 2.25. The molecule has 3 aromatic carbocycles. The summed E-state index contributed by atoms with van der Waals surface area (Å²) in [4.78, 5) is 26.4. The summed E-state index contributed by atoms with van der Waals surface area (Å²) in [6.45, 7) is 3.14. The monoisotopic (exact) mass is 530 g/mol. The van der Waals surface area contributed by atoms with Gasteiger partial charge in [0.1, 0.15) is 5.75 Å². The maximum absolute atomic E-state index is 13.7. The molecule has 1 amide bonds. The molecular formula is C29H27ClN4O4. The van der Waals surface area contributed by atoms with E-state index in [1.54, 1.807) is 54.6 Å². The molecule has 1 aliphatic rings. The van der Waals surface area contributed by atoms with E-state index in [-0.39, 0.29) is 23.4 Å². The second-order valence-corrected chi connectivity index (χ2v) is 9.49. The van der Waals surface area contributed by atoms with E-state index in [0.717, 1.165) is 25.0 Å². The highest BCUT2D eigenvalue weighted by molar-refractivity contribution is 6.30. The quantitative estimate of drug-likeness (QED) is 0.306. The van der Waals surface area contributed by atoms with Crippen LogP contribution in [-0.4, -0.2) is 34.9 Å². The van der Waals surface area contributed by atoms with Crippen molar-refractivity contribution in [1.82, 2.24) is 15.1 Å². The first kappa shape index (κ1) is 25.5. The number of carbonyl (C=O) groups excluding carboxylic acids is 1. The van der Waals surface area contributed by atoms with E-state index in [4.69, 9.17) is 21.1 Å². The summed E-state index contributed by atoms with van der Waals surface area (Å²) in [6, 6.07) is 21.3. The summed E-state index contributed by atoms with van der Waals surface area (Å²) >= 11 is 6.16. The number of amides is 1. The van der Waals surface area contributed by atoms with Crippen LogP contribution in [0, 0.1) is 6.92 Å². The molecule has 38 heavy (non-hydrogen) atoms. The molecule has 5 rings (SSSR count). The van der Waals surface area contributed by atoms with E-state index in [1.807, 2.05) is 25.1 Å². The van der Waals surface area contributed by atoms with Gasteiger partial charge in [-0.1, -0.05) is 35.9 Å². The van der Waals surface area contributed by atoms with Gasteiger partial charge in [-0.15, -0.1) is 0 Å². The molecular weight excluding hydrogens is 504 g/mol. The highest BCUT2D eigenvalue weighted by atomic mass is 35.5. The van der Waals surface area contributed by atoms with Crippen molar-refractivity contribution in [2.24, 2.45) is 0 Å². The fourth-order valence-electron chi connectivity index (χ4n) is 4.22. The summed E-state index contributed by atoms with van der Waals surface area (Å²) in [5, 5.41) is 10.9. The number of anilines is 2. The number of hydrogen-bond donors (Lipinski definition) is 2. The molecule has 1 atom stereocenters. The Kier molecular flexibility index (Phi) is 7.72. The zero-order valence-electron chi connectivity index (χ0n) is 20.8. The molecule has 9 heteroatoms. The van der Waals surface area contributed by atoms with Crippen LogP contribution in [0.25, 0.3) is 5.69 Å². The van der Waals surface area contributed by atoms with Crippen molar-refractivity contribution >= 4 is 28.9 Å². The molecule has 0 radical (unpaired) electrons. The smallest absolute Gasteiger partial charge is 0.299 e. The molecule has 0 aliphatic carbocycles. The summed E-state index contributed by atoms with van der Waals surface area (Å²) in [5.74, 6) is 0.593. The number of rotatable bonds is 8. The van der Waals surface area contributed by atoms with Crippen molar-refractivity contribution in [2.75, 3.05) is 18.5 Å². The van der Waals surface area contributed by atoms with Crippen LogP contribution in [0.1, 0.15) is 28.8 Å². The van der Waals surface area contributed by atoms with Gasteiger partial charge in [-0.3, -0.25) is 9.59 Å². The minimum Gasteiger partial charge on any atom is -0.453 e. The number of carbonyl (C=O) groups is 1. The molecule has 2 N–H and O–H groups in total. The molecule has 194 valence electrons. The number of nitrogens with one attached hydrogen (secondary N) is 2. The van der Waals surface area contributed by atoms with Crippen LogP contribution in [0.2, 0.25) is 5.02 Å². The lowest BCUT2D eigenvalue weighted by Gasteiger charge is -2.15. The number of aryl methyl sites for hydroxylation is 1. The highest BCUT2D eigenvalue weighted by Gasteiger charge is 2.18. The zero-order chi connectivity index (χ0) is 26.5. The number of halogens is 1. The van der Waals surface area contributed by atoms with E-state index >= 15 is 0 Å². The Morgan fingerprint density at radius 3 is 2.76 bits per heavy atom. The predicted octanol–water partition coefficient (Wildman–Crippen LogP) is 5.64. The lowest BCUT2D eigenvalue weighted by Crippen LogP contribution is -2.31. The van der Waals surface area contributed by atoms with E-state index in [9.17, 15) is 9.59 Å². The highest BCUT2D eigenvalue weighted by Crippen LogP contribution is 2.29. The molecule has 2 heterocycles. The fourth-order valence-corrected chi connectivity index (χ4v) is 4.41. The topological polar surface area (TPSA) is 94.5 Å². The third-order valence-electron chi connectivity index (χ3n) is 6.12. The largest absolute Gasteiger partial charge is 0.453 e. The van der Waals surface area contributed by atoms with Gasteiger partial charge in [0.15, 0.2) is 11.4 Å². The van der Waals surface area contributed by atoms with Crippen LogP contribution in [0.4, 0.5) is 11.4 Å². The van der Waals surface area contributed by atoms with E-state index in [2.05, 4.69) is 15.7 Å². The van der Waals surface area contributed by atoms with Crippen molar-refractivity contribution in [2.45, 2.75) is 25.9 Å². The first-order valence-corrected chi connectivity index (χ1v) is 12.7. The number of benzene rings is 3. The SMILES string of the molecule is Cc1cccc(Oc2cnn(-c3cccc(Cl)c3)c(=O)c2Nc2cccc(C(=O)NC[C@@H]3CCCO3)c2)c1. The van der Waals surface area contributed by atoms with E-state index in [0.29, 0.717) is 34.3 Å². The normalized spacial score (nSPS) is 14.7. The van der Waals surface area contributed by atoms with Gasteiger partial charge in [-0.05, 0) is 73.9 Å². The summed E-state index contributed by atoms with van der Waals surface area (Å²) in [7, 11) is 0. The third kappa shape index (κ3) is 6.04. The number of ether oxygens (including phenoxy) is 2. The lowest BCUT2D eigenvalue weighted by molar-refractivity contribution is 0.0858. The molecule has 1 aliphatic heterocycles. The standard InChI is InChI=1S/C29H27ClN4O4/c1-19-6-2-11-24(14-19)38-26-18-32-34(23-10-4-8-21(30)16-23)29(36)27(26)33-22-9-3-7-20(15-22)28(35)31-17-25-12-5-13-37-25/h2-4,6-11,14-16,18,25,33H,5,12-13,17H2,1H3,(H,31,35)/t25-/m0/s1. The van der Waals surface area contributed by atoms with Gasteiger partial charge in [0, 0.05) is 29.4 Å². The second-order valence-electron chi connectivity index (χ2n) is 9.05. The Hall–Kier alpha value is -4.14. The molecule has 0 unspecified atom stereocenters. The number of aromatic nitrogens is 2. The first-order chi connectivity index (χ1) is 18.5. The van der Waals surface area contributed by atoms with Crippen LogP contribution in [0.5, 0.6) is 11.5 Å². The Morgan fingerprint density at radius 2 is 1.97 bits per heavy atom. The van der Waals surface area contributed by atoms with Crippen LogP contribution in [0.3, 0.4) is 0 Å². The van der Waals surface area contributed by atoms with Crippen LogP contribution in [0.15, 0.2) is 83.8 Å². The molecule has 8 nitrogen and oxygen atoms in total. The van der Waals surface area contributed by atoms with E-state index < -0.39 is 5.56 Å². The minimum atomic E-state index is -0.439. The Morgan fingerprint density at radius 1 is 1.13 bits per heavy atom. The number of hydrogen-bond acceptors (Lipinski definition) is 6. The average molecular weight is 531 g/mol. The molecule has 0 spiro atoms. The first-order valence-electron chi connectivity index (χ1n) is 12.4. The Labute approximate surface area is 225 Å². The van der Waals surface area contributed by atoms with Gasteiger partial charge < -0.3 is 20.1 Å². The van der Waals surface area contributed by atoms with Gasteiger partial charge in [0.05, 0.1) is 18.0 Å². The van der Waals surface area contributed by atoms with Gasteiger partial charge >= 0.3 is 0 Å². The lowest BCUT2D eigenvalue weighted by atomic mass is 10.1. The maximum atomic E-state index is 13.7. The number of nitrogens with zero attached hydrogens (tertiary/aromatic N) is 2. The molecule has 0 bridgehead atoms. The van der Waals surface area contributed by atoms with Gasteiger partial charge in [0.2, 0.25) is 0 Å². The molecule has 4 aromatic rings. The molecule has 1 aromatic heterocycles. The van der Waals surface area contributed by atoms with E-state index in [1.165, 1.54) is 10.9 Å². The van der Waals surface area contributed by atoms with Crippen molar-refractivity contribution < 1.29 is 14.3 Å². The second kappa shape index (κ2) is 11.5. The summed E-state index contributed by atoms with van der Waals surface area (Å²) in [6.07, 6.45) is 3.46. The molecule has 0 saturated carbocycles.